The topological polar surface area (TPSA) is 50.4 Å². The van der Waals surface area contributed by atoms with Crippen LogP contribution in [-0.4, -0.2) is 25.6 Å². The minimum Gasteiger partial charge on any atom is -0.491 e. The number of amides is 1. The van der Waals surface area contributed by atoms with Crippen molar-refractivity contribution in [2.75, 3.05) is 13.6 Å². The van der Waals surface area contributed by atoms with E-state index in [9.17, 15) is 4.79 Å². The maximum absolute atomic E-state index is 11.0. The SMILES string of the molecule is CNC(=O)CCNCc1cccc(OC(C)C)c1. The molecule has 18 heavy (non-hydrogen) atoms. The van der Waals surface area contributed by atoms with Gasteiger partial charge in [0, 0.05) is 26.6 Å². The van der Waals surface area contributed by atoms with Crippen LogP contribution >= 0.6 is 0 Å². The van der Waals surface area contributed by atoms with E-state index in [4.69, 9.17) is 4.74 Å². The van der Waals surface area contributed by atoms with E-state index in [0.717, 1.165) is 17.9 Å². The molecular formula is C14H22N2O2. The van der Waals surface area contributed by atoms with E-state index in [1.807, 2.05) is 38.1 Å². The first-order chi connectivity index (χ1) is 8.61. The van der Waals surface area contributed by atoms with E-state index in [1.54, 1.807) is 7.05 Å². The van der Waals surface area contributed by atoms with Gasteiger partial charge in [-0.05, 0) is 31.5 Å². The van der Waals surface area contributed by atoms with Gasteiger partial charge in [0.15, 0.2) is 0 Å². The van der Waals surface area contributed by atoms with Gasteiger partial charge < -0.3 is 15.4 Å². The molecule has 1 aromatic carbocycles. The van der Waals surface area contributed by atoms with Crippen LogP contribution in [0.2, 0.25) is 0 Å². The Morgan fingerprint density at radius 1 is 1.39 bits per heavy atom. The Labute approximate surface area is 109 Å². The molecule has 2 N–H and O–H groups in total. The fourth-order valence-corrected chi connectivity index (χ4v) is 1.56. The van der Waals surface area contributed by atoms with Gasteiger partial charge in [-0.1, -0.05) is 12.1 Å². The lowest BCUT2D eigenvalue weighted by atomic mass is 10.2. The number of benzene rings is 1. The molecular weight excluding hydrogens is 228 g/mol. The van der Waals surface area contributed by atoms with Crippen LogP contribution in [0.5, 0.6) is 5.75 Å². The molecule has 0 bridgehead atoms. The summed E-state index contributed by atoms with van der Waals surface area (Å²) in [7, 11) is 1.65. The molecule has 1 aromatic rings. The zero-order valence-corrected chi connectivity index (χ0v) is 11.3. The minimum atomic E-state index is 0.0550. The Bertz CT molecular complexity index is 378. The molecule has 0 fully saturated rings. The molecule has 0 aromatic heterocycles. The molecule has 4 heteroatoms. The Kier molecular flexibility index (Phi) is 6.22. The van der Waals surface area contributed by atoms with E-state index in [0.29, 0.717) is 13.0 Å². The summed E-state index contributed by atoms with van der Waals surface area (Å²) in [5.74, 6) is 0.940. The number of nitrogens with one attached hydrogen (secondary N) is 2. The Morgan fingerprint density at radius 3 is 2.83 bits per heavy atom. The minimum absolute atomic E-state index is 0.0550. The average Bonchev–Trinajstić information content (AvgIpc) is 2.34. The van der Waals surface area contributed by atoms with Crippen LogP contribution < -0.4 is 15.4 Å². The van der Waals surface area contributed by atoms with Crippen LogP contribution in [0.3, 0.4) is 0 Å². The quantitative estimate of drug-likeness (QED) is 0.724. The van der Waals surface area contributed by atoms with Gasteiger partial charge in [-0.25, -0.2) is 0 Å². The fraction of sp³-hybridized carbons (Fsp3) is 0.500. The number of carbonyl (C=O) groups is 1. The molecule has 0 aliphatic heterocycles. The molecule has 4 nitrogen and oxygen atoms in total. The summed E-state index contributed by atoms with van der Waals surface area (Å²) in [6.45, 7) is 5.43. The highest BCUT2D eigenvalue weighted by Gasteiger charge is 2.00. The second kappa shape index (κ2) is 7.71. The molecule has 0 unspecified atom stereocenters. The van der Waals surface area contributed by atoms with Gasteiger partial charge in [0.1, 0.15) is 5.75 Å². The van der Waals surface area contributed by atoms with E-state index in [1.165, 1.54) is 0 Å². The normalized spacial score (nSPS) is 10.4. The number of rotatable bonds is 7. The maximum atomic E-state index is 11.0. The van der Waals surface area contributed by atoms with Crippen LogP contribution in [-0.2, 0) is 11.3 Å². The highest BCUT2D eigenvalue weighted by Crippen LogP contribution is 2.14. The predicted molar refractivity (Wildman–Crippen MR) is 72.6 cm³/mol. The van der Waals surface area contributed by atoms with Crippen molar-refractivity contribution >= 4 is 5.91 Å². The third-order valence-electron chi connectivity index (χ3n) is 2.41. The van der Waals surface area contributed by atoms with Crippen molar-refractivity contribution in [2.24, 2.45) is 0 Å². The van der Waals surface area contributed by atoms with Crippen molar-refractivity contribution in [3.63, 3.8) is 0 Å². The Hall–Kier alpha value is -1.55. The Morgan fingerprint density at radius 2 is 2.17 bits per heavy atom. The maximum Gasteiger partial charge on any atom is 0.221 e. The summed E-state index contributed by atoms with van der Waals surface area (Å²) >= 11 is 0. The van der Waals surface area contributed by atoms with E-state index < -0.39 is 0 Å². The molecule has 0 radical (unpaired) electrons. The van der Waals surface area contributed by atoms with Gasteiger partial charge in [-0.3, -0.25) is 4.79 Å². The lowest BCUT2D eigenvalue weighted by molar-refractivity contribution is -0.120. The van der Waals surface area contributed by atoms with E-state index in [2.05, 4.69) is 10.6 Å². The fourth-order valence-electron chi connectivity index (χ4n) is 1.56. The summed E-state index contributed by atoms with van der Waals surface area (Å²) in [6.07, 6.45) is 0.681. The van der Waals surface area contributed by atoms with Crippen molar-refractivity contribution in [1.29, 1.82) is 0 Å². The number of carbonyl (C=O) groups excluding carboxylic acids is 1. The van der Waals surface area contributed by atoms with Gasteiger partial charge in [0.25, 0.3) is 0 Å². The number of hydrogen-bond donors (Lipinski definition) is 2. The summed E-state index contributed by atoms with van der Waals surface area (Å²) < 4.78 is 5.62. The highest BCUT2D eigenvalue weighted by atomic mass is 16.5. The molecule has 0 saturated heterocycles. The first-order valence-electron chi connectivity index (χ1n) is 6.28. The lowest BCUT2D eigenvalue weighted by Gasteiger charge is -2.11. The first-order valence-corrected chi connectivity index (χ1v) is 6.28. The molecule has 0 saturated carbocycles. The largest absolute Gasteiger partial charge is 0.491 e. The summed E-state index contributed by atoms with van der Waals surface area (Å²) in [5, 5.41) is 5.83. The lowest BCUT2D eigenvalue weighted by Crippen LogP contribution is -2.24. The van der Waals surface area contributed by atoms with Crippen molar-refractivity contribution in [1.82, 2.24) is 10.6 Å². The van der Waals surface area contributed by atoms with Gasteiger partial charge in [-0.2, -0.15) is 0 Å². The summed E-state index contributed by atoms with van der Waals surface area (Å²) in [5.41, 5.74) is 1.16. The predicted octanol–water partition coefficient (Wildman–Crippen LogP) is 1.70. The van der Waals surface area contributed by atoms with Crippen LogP contribution in [0.25, 0.3) is 0 Å². The smallest absolute Gasteiger partial charge is 0.221 e. The van der Waals surface area contributed by atoms with Gasteiger partial charge >= 0.3 is 0 Å². The summed E-state index contributed by atoms with van der Waals surface area (Å²) in [4.78, 5) is 11.0. The molecule has 0 heterocycles. The van der Waals surface area contributed by atoms with Gasteiger partial charge in [0.05, 0.1) is 6.10 Å². The number of ether oxygens (including phenoxy) is 1. The molecule has 0 aliphatic rings. The van der Waals surface area contributed by atoms with E-state index >= 15 is 0 Å². The third kappa shape index (κ3) is 5.68. The van der Waals surface area contributed by atoms with Crippen LogP contribution in [0.15, 0.2) is 24.3 Å². The zero-order chi connectivity index (χ0) is 13.4. The summed E-state index contributed by atoms with van der Waals surface area (Å²) in [6, 6.07) is 7.99. The molecule has 1 amide bonds. The van der Waals surface area contributed by atoms with Crippen molar-refractivity contribution in [2.45, 2.75) is 32.9 Å². The zero-order valence-electron chi connectivity index (χ0n) is 11.3. The average molecular weight is 250 g/mol. The molecule has 0 atom stereocenters. The molecule has 1 rings (SSSR count). The Balaban J connectivity index is 2.35. The molecule has 0 spiro atoms. The second-order valence-corrected chi connectivity index (χ2v) is 4.41. The van der Waals surface area contributed by atoms with Crippen molar-refractivity contribution in [3.8, 4) is 5.75 Å². The van der Waals surface area contributed by atoms with Crippen molar-refractivity contribution < 1.29 is 9.53 Å². The van der Waals surface area contributed by atoms with E-state index in [-0.39, 0.29) is 12.0 Å². The van der Waals surface area contributed by atoms with Gasteiger partial charge in [0.2, 0.25) is 5.91 Å². The van der Waals surface area contributed by atoms with Crippen LogP contribution in [0, 0.1) is 0 Å². The molecule has 100 valence electrons. The second-order valence-electron chi connectivity index (χ2n) is 4.41. The van der Waals surface area contributed by atoms with Crippen LogP contribution in [0.1, 0.15) is 25.8 Å². The van der Waals surface area contributed by atoms with Crippen LogP contribution in [0.4, 0.5) is 0 Å². The van der Waals surface area contributed by atoms with Crippen molar-refractivity contribution in [3.05, 3.63) is 29.8 Å². The standard InChI is InChI=1S/C14H22N2O2/c1-11(2)18-13-6-4-5-12(9-13)10-16-8-7-14(17)15-3/h4-6,9,11,16H,7-8,10H2,1-3H3,(H,15,17). The van der Waals surface area contributed by atoms with Gasteiger partial charge in [-0.15, -0.1) is 0 Å². The third-order valence-corrected chi connectivity index (χ3v) is 2.41. The monoisotopic (exact) mass is 250 g/mol. The first kappa shape index (κ1) is 14.5. The number of hydrogen-bond acceptors (Lipinski definition) is 3. The molecule has 0 aliphatic carbocycles. The highest BCUT2D eigenvalue weighted by molar-refractivity contribution is 5.75.